The van der Waals surface area contributed by atoms with Crippen molar-refractivity contribution < 1.29 is 4.74 Å². The van der Waals surface area contributed by atoms with E-state index < -0.39 is 0 Å². The van der Waals surface area contributed by atoms with E-state index in [4.69, 9.17) is 4.74 Å². The molecule has 2 nitrogen and oxygen atoms in total. The normalized spacial score (nSPS) is 12.7. The van der Waals surface area contributed by atoms with Crippen LogP contribution in [0.25, 0.3) is 10.8 Å². The molecule has 0 heterocycles. The van der Waals surface area contributed by atoms with E-state index in [-0.39, 0.29) is 0 Å². The van der Waals surface area contributed by atoms with Gasteiger partial charge in [0.1, 0.15) is 0 Å². The molecule has 1 unspecified atom stereocenters. The number of benzene rings is 2. The van der Waals surface area contributed by atoms with Crippen LogP contribution in [0.2, 0.25) is 0 Å². The molecule has 0 aliphatic carbocycles. The predicted octanol–water partition coefficient (Wildman–Crippen LogP) is 3.25. The molecular formula is C17H23NO. The number of nitrogens with one attached hydrogen (secondary N) is 1. The van der Waals surface area contributed by atoms with Gasteiger partial charge in [0.15, 0.2) is 0 Å². The van der Waals surface area contributed by atoms with E-state index in [1.165, 1.54) is 16.3 Å². The third-order valence-electron chi connectivity index (χ3n) is 3.37. The van der Waals surface area contributed by atoms with Gasteiger partial charge in [-0.3, -0.25) is 0 Å². The van der Waals surface area contributed by atoms with E-state index in [0.29, 0.717) is 5.92 Å². The molecule has 0 spiro atoms. The minimum atomic E-state index is 0.637. The van der Waals surface area contributed by atoms with Crippen molar-refractivity contribution in [3.05, 3.63) is 48.0 Å². The highest BCUT2D eigenvalue weighted by Gasteiger charge is 2.04. The van der Waals surface area contributed by atoms with Gasteiger partial charge >= 0.3 is 0 Å². The third-order valence-corrected chi connectivity index (χ3v) is 3.37. The topological polar surface area (TPSA) is 21.3 Å². The summed E-state index contributed by atoms with van der Waals surface area (Å²) in [7, 11) is 1.74. The Morgan fingerprint density at radius 3 is 2.68 bits per heavy atom. The number of methoxy groups -OCH3 is 1. The molecule has 0 amide bonds. The Kier molecular flexibility index (Phi) is 5.37. The van der Waals surface area contributed by atoms with E-state index in [2.05, 4.69) is 54.7 Å². The lowest BCUT2D eigenvalue weighted by molar-refractivity contribution is 0.198. The predicted molar refractivity (Wildman–Crippen MR) is 81.6 cm³/mol. The first-order chi connectivity index (χ1) is 9.29. The fourth-order valence-electron chi connectivity index (χ4n) is 2.36. The quantitative estimate of drug-likeness (QED) is 0.769. The molecule has 0 radical (unpaired) electrons. The molecule has 2 heteroatoms. The number of hydrogen-bond donors (Lipinski definition) is 1. The molecule has 102 valence electrons. The summed E-state index contributed by atoms with van der Waals surface area (Å²) in [4.78, 5) is 0. The van der Waals surface area contributed by atoms with E-state index >= 15 is 0 Å². The van der Waals surface area contributed by atoms with Crippen molar-refractivity contribution in [1.82, 2.24) is 5.32 Å². The lowest BCUT2D eigenvalue weighted by Gasteiger charge is -2.13. The van der Waals surface area contributed by atoms with Gasteiger partial charge in [-0.2, -0.15) is 0 Å². The minimum Gasteiger partial charge on any atom is -0.383 e. The van der Waals surface area contributed by atoms with Gasteiger partial charge in [-0.05, 0) is 35.2 Å². The van der Waals surface area contributed by atoms with Crippen LogP contribution in [-0.2, 0) is 11.2 Å². The first kappa shape index (κ1) is 14.0. The van der Waals surface area contributed by atoms with E-state index in [9.17, 15) is 0 Å². The van der Waals surface area contributed by atoms with Gasteiger partial charge in [0.2, 0.25) is 0 Å². The van der Waals surface area contributed by atoms with Gasteiger partial charge in [0.05, 0.1) is 6.61 Å². The molecule has 2 rings (SSSR count). The molecule has 0 aliphatic rings. The molecule has 1 atom stereocenters. The number of hydrogen-bond acceptors (Lipinski definition) is 2. The van der Waals surface area contributed by atoms with Gasteiger partial charge < -0.3 is 10.1 Å². The summed E-state index contributed by atoms with van der Waals surface area (Å²) >= 11 is 0. The van der Waals surface area contributed by atoms with E-state index in [1.54, 1.807) is 7.11 Å². The smallest absolute Gasteiger partial charge is 0.0587 e. The lowest BCUT2D eigenvalue weighted by atomic mass is 9.98. The molecule has 2 aromatic rings. The highest BCUT2D eigenvalue weighted by molar-refractivity contribution is 5.82. The Morgan fingerprint density at radius 1 is 1.11 bits per heavy atom. The van der Waals surface area contributed by atoms with Crippen LogP contribution < -0.4 is 5.32 Å². The maximum atomic E-state index is 5.03. The maximum Gasteiger partial charge on any atom is 0.0587 e. The fraction of sp³-hybridized carbons (Fsp3) is 0.412. The van der Waals surface area contributed by atoms with Crippen molar-refractivity contribution in [1.29, 1.82) is 0 Å². The molecule has 0 saturated carbocycles. The Balaban J connectivity index is 1.89. The zero-order chi connectivity index (χ0) is 13.5. The summed E-state index contributed by atoms with van der Waals surface area (Å²) < 4.78 is 5.03. The molecule has 0 aliphatic heterocycles. The molecule has 0 saturated heterocycles. The highest BCUT2D eigenvalue weighted by Crippen LogP contribution is 2.17. The van der Waals surface area contributed by atoms with Crippen molar-refractivity contribution in [3.8, 4) is 0 Å². The lowest BCUT2D eigenvalue weighted by Crippen LogP contribution is -2.25. The van der Waals surface area contributed by atoms with Crippen molar-refractivity contribution in [3.63, 3.8) is 0 Å². The zero-order valence-electron chi connectivity index (χ0n) is 11.9. The highest BCUT2D eigenvalue weighted by atomic mass is 16.5. The van der Waals surface area contributed by atoms with Crippen LogP contribution in [-0.4, -0.2) is 26.8 Å². The van der Waals surface area contributed by atoms with Gasteiger partial charge in [0.25, 0.3) is 0 Å². The van der Waals surface area contributed by atoms with Gasteiger partial charge in [-0.15, -0.1) is 0 Å². The standard InChI is InChI=1S/C17H23NO/c1-14(13-18-9-10-19-2)11-15-7-8-16-5-3-4-6-17(16)12-15/h3-8,12,14,18H,9-11,13H2,1-2H3. The van der Waals surface area contributed by atoms with Crippen LogP contribution in [0.4, 0.5) is 0 Å². The van der Waals surface area contributed by atoms with Crippen molar-refractivity contribution in [2.45, 2.75) is 13.3 Å². The monoisotopic (exact) mass is 257 g/mol. The van der Waals surface area contributed by atoms with E-state index in [1.807, 2.05) is 0 Å². The Hall–Kier alpha value is -1.38. The second-order valence-corrected chi connectivity index (χ2v) is 5.19. The number of fused-ring (bicyclic) bond motifs is 1. The Labute approximate surface area is 115 Å². The van der Waals surface area contributed by atoms with Crippen molar-refractivity contribution in [2.24, 2.45) is 5.92 Å². The summed E-state index contributed by atoms with van der Waals surface area (Å²) in [6.45, 7) is 5.03. The summed E-state index contributed by atoms with van der Waals surface area (Å²) in [6, 6.07) is 15.3. The molecule has 2 aromatic carbocycles. The summed E-state index contributed by atoms with van der Waals surface area (Å²) in [5, 5.41) is 6.07. The van der Waals surface area contributed by atoms with Gasteiger partial charge in [0, 0.05) is 13.7 Å². The average Bonchev–Trinajstić information content (AvgIpc) is 2.43. The molecular weight excluding hydrogens is 234 g/mol. The molecule has 19 heavy (non-hydrogen) atoms. The fourth-order valence-corrected chi connectivity index (χ4v) is 2.36. The summed E-state index contributed by atoms with van der Waals surface area (Å²) in [5.74, 6) is 0.637. The molecule has 1 N–H and O–H groups in total. The van der Waals surface area contributed by atoms with Crippen LogP contribution in [0.1, 0.15) is 12.5 Å². The van der Waals surface area contributed by atoms with E-state index in [0.717, 1.165) is 26.1 Å². The zero-order valence-corrected chi connectivity index (χ0v) is 11.9. The van der Waals surface area contributed by atoms with Crippen LogP contribution in [0.3, 0.4) is 0 Å². The Bertz CT molecular complexity index is 509. The van der Waals surface area contributed by atoms with Crippen molar-refractivity contribution in [2.75, 3.05) is 26.8 Å². The van der Waals surface area contributed by atoms with Crippen LogP contribution >= 0.6 is 0 Å². The molecule has 0 bridgehead atoms. The Morgan fingerprint density at radius 2 is 1.89 bits per heavy atom. The first-order valence-corrected chi connectivity index (χ1v) is 6.97. The maximum absolute atomic E-state index is 5.03. The molecule has 0 aromatic heterocycles. The SMILES string of the molecule is COCCNCC(C)Cc1ccc2ccccc2c1. The summed E-state index contributed by atoms with van der Waals surface area (Å²) in [5.41, 5.74) is 1.42. The first-order valence-electron chi connectivity index (χ1n) is 6.97. The minimum absolute atomic E-state index is 0.637. The number of rotatable bonds is 7. The molecule has 0 fully saturated rings. The van der Waals surface area contributed by atoms with Gasteiger partial charge in [-0.1, -0.05) is 49.4 Å². The number of ether oxygens (including phenoxy) is 1. The third kappa shape index (κ3) is 4.34. The van der Waals surface area contributed by atoms with Crippen molar-refractivity contribution >= 4 is 10.8 Å². The average molecular weight is 257 g/mol. The van der Waals surface area contributed by atoms with Crippen LogP contribution in [0, 0.1) is 5.92 Å². The summed E-state index contributed by atoms with van der Waals surface area (Å²) in [6.07, 6.45) is 1.12. The largest absolute Gasteiger partial charge is 0.383 e. The van der Waals surface area contributed by atoms with Crippen LogP contribution in [0.15, 0.2) is 42.5 Å². The van der Waals surface area contributed by atoms with Crippen LogP contribution in [0.5, 0.6) is 0 Å². The van der Waals surface area contributed by atoms with Gasteiger partial charge in [-0.25, -0.2) is 0 Å². The second-order valence-electron chi connectivity index (χ2n) is 5.19. The second kappa shape index (κ2) is 7.27.